The van der Waals surface area contributed by atoms with Crippen LogP contribution in [0.4, 0.5) is 0 Å². The monoisotopic (exact) mass is 1160 g/mol. The van der Waals surface area contributed by atoms with Gasteiger partial charge in [0.25, 0.3) is 0 Å². The second kappa shape index (κ2) is 27.6. The van der Waals surface area contributed by atoms with Crippen LogP contribution in [-0.2, 0) is 42.1 Å². The smallest absolute Gasteiger partial charge is 0.311 e. The van der Waals surface area contributed by atoms with Crippen molar-refractivity contribution in [2.24, 2.45) is 20.0 Å². The first kappa shape index (κ1) is 67.8. The maximum atomic E-state index is 13.9. The number of nitrogens with zero attached hydrogens (tertiary/aromatic N) is 4. The summed E-state index contributed by atoms with van der Waals surface area (Å²) in [7, 11) is 0. The van der Waals surface area contributed by atoms with Gasteiger partial charge < -0.3 is 29.9 Å². The minimum Gasteiger partial charge on any atom is -0.872 e. The van der Waals surface area contributed by atoms with E-state index in [0.29, 0.717) is 57.7 Å². The van der Waals surface area contributed by atoms with Gasteiger partial charge >= 0.3 is 11.9 Å². The Kier molecular flexibility index (Phi) is 22.0. The molecule has 4 atom stereocenters. The molecule has 0 bridgehead atoms. The van der Waals surface area contributed by atoms with Crippen molar-refractivity contribution in [3.63, 3.8) is 0 Å². The van der Waals surface area contributed by atoms with Crippen molar-refractivity contribution in [2.75, 3.05) is 0 Å². The number of carbonyl (C=O) groups excluding carboxylic acids is 2. The third-order valence-electron chi connectivity index (χ3n) is 16.6. The third-order valence-corrected chi connectivity index (χ3v) is 16.6. The molecule has 0 amide bonds. The van der Waals surface area contributed by atoms with Crippen LogP contribution < -0.4 is 29.9 Å². The second-order valence-electron chi connectivity index (χ2n) is 30.3. The largest absolute Gasteiger partial charge is 0.872 e. The molecule has 12 heteroatoms. The summed E-state index contributed by atoms with van der Waals surface area (Å²) >= 11 is 0. The number of hydrogen-bond acceptors (Lipinski definition) is 12. The fourth-order valence-electron chi connectivity index (χ4n) is 11.2. The van der Waals surface area contributed by atoms with Crippen molar-refractivity contribution in [1.82, 2.24) is 0 Å². The molecule has 6 rings (SSSR count). The van der Waals surface area contributed by atoms with E-state index in [1.807, 2.05) is 65.8 Å². The number of benzene rings is 4. The first-order valence-corrected chi connectivity index (χ1v) is 31.4. The molecule has 0 radical (unpaired) electrons. The van der Waals surface area contributed by atoms with Gasteiger partial charge in [-0.1, -0.05) is 217 Å². The Labute approximate surface area is 510 Å². The van der Waals surface area contributed by atoms with E-state index in [-0.39, 0.29) is 81.7 Å². The molecule has 4 aromatic rings. The average molecular weight is 1160 g/mol. The topological polar surface area (TPSA) is 194 Å². The van der Waals surface area contributed by atoms with E-state index >= 15 is 0 Å². The number of rotatable bonds is 18. The van der Waals surface area contributed by atoms with Crippen molar-refractivity contribution < 1.29 is 39.5 Å². The fourth-order valence-corrected chi connectivity index (χ4v) is 11.2. The molecule has 12 nitrogen and oxygen atoms in total. The molecule has 0 unspecified atom stereocenters. The van der Waals surface area contributed by atoms with Crippen LogP contribution in [0.25, 0.3) is 0 Å². The van der Waals surface area contributed by atoms with E-state index in [2.05, 4.69) is 83.1 Å². The van der Waals surface area contributed by atoms with E-state index in [0.717, 1.165) is 92.9 Å². The lowest BCUT2D eigenvalue weighted by atomic mass is 9.79. The number of aliphatic imine (C=N–C) groups is 4. The molecule has 2 fully saturated rings. The number of esters is 2. The van der Waals surface area contributed by atoms with Gasteiger partial charge in [-0.3, -0.25) is 29.6 Å². The predicted molar refractivity (Wildman–Crippen MR) is 342 cm³/mol. The van der Waals surface area contributed by atoms with Gasteiger partial charge in [-0.25, -0.2) is 0 Å². The van der Waals surface area contributed by atoms with Gasteiger partial charge in [0.1, 0.15) is 11.5 Å². The highest BCUT2D eigenvalue weighted by Gasteiger charge is 2.28. The molecule has 0 spiro atoms. The summed E-state index contributed by atoms with van der Waals surface area (Å²) in [5.74, 6) is -0.515. The summed E-state index contributed by atoms with van der Waals surface area (Å²) in [5, 5.41) is 55.3. The van der Waals surface area contributed by atoms with E-state index in [9.17, 15) is 30.0 Å². The van der Waals surface area contributed by atoms with Gasteiger partial charge in [0.15, 0.2) is 0 Å². The van der Waals surface area contributed by atoms with Gasteiger partial charge in [-0.05, 0) is 151 Å². The lowest BCUT2D eigenvalue weighted by Gasteiger charge is -2.31. The van der Waals surface area contributed by atoms with Crippen LogP contribution in [0.1, 0.15) is 277 Å². The van der Waals surface area contributed by atoms with E-state index in [4.69, 9.17) is 29.4 Å². The van der Waals surface area contributed by atoms with Gasteiger partial charge in [0.2, 0.25) is 0 Å². The quantitative estimate of drug-likeness (QED) is 0.0406. The number of hydrogen-bond donors (Lipinski definition) is 0. The number of carbonyl (C=O) groups is 2. The van der Waals surface area contributed by atoms with Crippen LogP contribution >= 0.6 is 0 Å². The molecule has 2 aliphatic rings. The Morgan fingerprint density at radius 3 is 0.882 bits per heavy atom. The third kappa shape index (κ3) is 18.8. The van der Waals surface area contributed by atoms with Gasteiger partial charge in [-0.2, -0.15) is 0 Å². The zero-order valence-corrected chi connectivity index (χ0v) is 54.9. The Morgan fingerprint density at radius 2 is 0.624 bits per heavy atom. The minimum absolute atomic E-state index is 0.00537. The molecule has 0 N–H and O–H groups in total. The Bertz CT molecular complexity index is 2900. The van der Waals surface area contributed by atoms with Crippen molar-refractivity contribution in [3.05, 3.63) is 104 Å². The first-order valence-electron chi connectivity index (χ1n) is 31.4. The summed E-state index contributed by atoms with van der Waals surface area (Å²) in [6, 6.07) is 13.9. The van der Waals surface area contributed by atoms with E-state index in [1.54, 1.807) is 49.1 Å². The molecule has 464 valence electrons. The highest BCUT2D eigenvalue weighted by Crippen LogP contribution is 2.40. The molecule has 85 heavy (non-hydrogen) atoms. The molecule has 0 aliphatic heterocycles. The summed E-state index contributed by atoms with van der Waals surface area (Å²) in [5.41, 5.74) is 4.64. The molecule has 4 aromatic carbocycles. The normalized spacial score (nSPS) is 18.8. The van der Waals surface area contributed by atoms with Gasteiger partial charge in [-0.15, -0.1) is 0 Å². The molecule has 2 aliphatic carbocycles. The Balaban J connectivity index is 1.03. The zero-order valence-electron chi connectivity index (χ0n) is 54.9. The molecule has 0 aromatic heterocycles. The van der Waals surface area contributed by atoms with Crippen molar-refractivity contribution >= 4 is 36.8 Å². The summed E-state index contributed by atoms with van der Waals surface area (Å²) in [6.07, 6.45) is 17.8. The second-order valence-corrected chi connectivity index (χ2v) is 30.3. The lowest BCUT2D eigenvalue weighted by molar-refractivity contribution is -0.270. The molecule has 0 heterocycles. The SMILES string of the molecule is CC(C)(C)c1cc(C=N[C@H]2CCCC[C@@H]2N=Cc2cc(OC(=O)CCCCCCCC(=O)Oc3cc(C=N[C@H]4CCCC[C@@H]4N=Cc4cc(C(C)(C)C)cc(C(C)(C)C)c4[O-])c([O-])c(C(C)(C)C)c3)cc(C(C)(C)C)c2[O-])c([O-])c(C(C)(C)C)c1. The van der Waals surface area contributed by atoms with Crippen LogP contribution in [0.2, 0.25) is 0 Å². The first-order chi connectivity index (χ1) is 39.4. The standard InChI is InChI=1S/C73H104N4O8/c1-68(2,3)50-34-46(64(80)54(38-50)70(7,8)9)42-74-58-28-24-26-30-60(58)76-44-48-36-52(40-56(66(48)82)72(13,14)15)84-62(78)32-22-20-19-21-23-33-63(79)85-53-37-49(67(83)57(41-53)73(16,17)18)45-77-61-31-27-25-29-59(61)75-43-47-35-51(69(4,5)6)39-55(65(47)81)71(10,11)12/h34-45,58-61,80-83H,19-33H2,1-18H3/p-4/t58-,59-,60-,61-/m0/s1. The number of unbranched alkanes of at least 4 members (excludes halogenated alkanes) is 4. The lowest BCUT2D eigenvalue weighted by Crippen LogP contribution is -2.27. The molecule has 2 saturated carbocycles. The van der Waals surface area contributed by atoms with Crippen LogP contribution in [0.5, 0.6) is 34.5 Å². The van der Waals surface area contributed by atoms with Crippen molar-refractivity contribution in [2.45, 2.75) is 278 Å². The van der Waals surface area contributed by atoms with Crippen LogP contribution in [0.3, 0.4) is 0 Å². The Hall–Kier alpha value is -6.30. The van der Waals surface area contributed by atoms with Crippen LogP contribution in [-0.4, -0.2) is 61.0 Å². The average Bonchev–Trinajstić information content (AvgIpc) is 3.14. The Morgan fingerprint density at radius 1 is 0.376 bits per heavy atom. The fraction of sp³-hybridized carbons (Fsp3) is 0.589. The minimum atomic E-state index is -0.523. The number of ether oxygens (including phenoxy) is 2. The molecule has 0 saturated heterocycles. The summed E-state index contributed by atoms with van der Waals surface area (Å²) in [6.45, 7) is 37.0. The van der Waals surface area contributed by atoms with Crippen LogP contribution in [0.15, 0.2) is 68.5 Å². The van der Waals surface area contributed by atoms with Crippen LogP contribution in [0, 0.1) is 0 Å². The zero-order chi connectivity index (χ0) is 63.0. The molecular formula is C73H100N4O8-4. The maximum absolute atomic E-state index is 13.9. The van der Waals surface area contributed by atoms with E-state index < -0.39 is 22.8 Å². The van der Waals surface area contributed by atoms with Gasteiger partial charge in [0, 0.05) is 37.7 Å². The van der Waals surface area contributed by atoms with E-state index in [1.165, 1.54) is 0 Å². The maximum Gasteiger partial charge on any atom is 0.311 e. The predicted octanol–water partition coefficient (Wildman–Crippen LogP) is 14.7. The molecular weight excluding hydrogens is 1060 g/mol. The van der Waals surface area contributed by atoms with Crippen molar-refractivity contribution in [3.8, 4) is 34.5 Å². The highest BCUT2D eigenvalue weighted by atomic mass is 16.5. The van der Waals surface area contributed by atoms with Gasteiger partial charge in [0.05, 0.1) is 24.2 Å². The van der Waals surface area contributed by atoms with Crippen molar-refractivity contribution in [1.29, 1.82) is 0 Å². The summed E-state index contributed by atoms with van der Waals surface area (Å²) in [4.78, 5) is 46.5. The highest BCUT2D eigenvalue weighted by molar-refractivity contribution is 5.88. The summed E-state index contributed by atoms with van der Waals surface area (Å²) < 4.78 is 11.8.